The Hall–Kier alpha value is -7.31. The average Bonchev–Trinajstić information content (AvgIpc) is 4.05. The van der Waals surface area contributed by atoms with Crippen molar-refractivity contribution in [2.75, 3.05) is 0 Å². The molecule has 0 N–H and O–H groups in total. The molecule has 4 heterocycles. The third-order valence-electron chi connectivity index (χ3n) is 12.5. The van der Waals surface area contributed by atoms with Gasteiger partial charge in [-0.1, -0.05) is 170 Å². The van der Waals surface area contributed by atoms with Gasteiger partial charge < -0.3 is 18.0 Å². The molecule has 0 bridgehead atoms. The van der Waals surface area contributed by atoms with Gasteiger partial charge in [0.2, 0.25) is 0 Å². The molecule has 0 unspecified atom stereocenters. The fraction of sp³-hybridized carbons (Fsp3) is 0.0690. The molecular formula is C58H42N4O2PtSi-2. The second-order valence-corrected chi connectivity index (χ2v) is 20.3. The molecule has 1 aliphatic heterocycles. The molecule has 0 radical (unpaired) electrons. The topological polar surface area (TPSA) is 45.1 Å². The van der Waals surface area contributed by atoms with Crippen molar-refractivity contribution in [1.29, 1.82) is 0 Å². The minimum Gasteiger partial charge on any atom is -0.505 e. The molecule has 66 heavy (non-hydrogen) atoms. The summed E-state index contributed by atoms with van der Waals surface area (Å²) in [5.41, 5.74) is 11.4. The van der Waals surface area contributed by atoms with Crippen LogP contribution in [0.25, 0.3) is 72.3 Å². The number of imidazole rings is 1. The number of pyridine rings is 1. The van der Waals surface area contributed by atoms with E-state index < -0.39 is 8.56 Å². The van der Waals surface area contributed by atoms with Crippen LogP contribution in [0.15, 0.2) is 200 Å². The van der Waals surface area contributed by atoms with Crippen LogP contribution < -0.4 is 23.8 Å². The maximum Gasteiger partial charge on any atom is 0.480 e. The fourth-order valence-electron chi connectivity index (χ4n) is 9.31. The predicted octanol–water partition coefficient (Wildman–Crippen LogP) is 11.5. The van der Waals surface area contributed by atoms with Gasteiger partial charge in [0, 0.05) is 32.8 Å². The van der Waals surface area contributed by atoms with Gasteiger partial charge in [0.15, 0.2) is 0 Å². The van der Waals surface area contributed by atoms with Crippen LogP contribution in [-0.4, -0.2) is 22.7 Å². The summed E-state index contributed by atoms with van der Waals surface area (Å²) < 4.78 is 20.9. The van der Waals surface area contributed by atoms with E-state index in [0.29, 0.717) is 11.5 Å². The number of nitrogens with zero attached hydrogens (tertiary/aromatic N) is 4. The maximum atomic E-state index is 7.19. The van der Waals surface area contributed by atoms with Crippen molar-refractivity contribution in [2.24, 2.45) is 0 Å². The molecule has 0 spiro atoms. The van der Waals surface area contributed by atoms with Crippen LogP contribution in [0, 0.1) is 18.5 Å². The normalized spacial score (nSPS) is 13.0. The molecule has 6 nitrogen and oxygen atoms in total. The van der Waals surface area contributed by atoms with Gasteiger partial charge in [0.1, 0.15) is 17.3 Å². The zero-order valence-electron chi connectivity index (χ0n) is 36.5. The first kappa shape index (κ1) is 41.4. The average molecular weight is 1050 g/mol. The van der Waals surface area contributed by atoms with Gasteiger partial charge >= 0.3 is 8.56 Å². The van der Waals surface area contributed by atoms with Crippen LogP contribution in [0.1, 0.15) is 26.3 Å². The second kappa shape index (κ2) is 16.3. The summed E-state index contributed by atoms with van der Waals surface area (Å²) in [6, 6.07) is 75.2. The fourth-order valence-corrected chi connectivity index (χ4v) is 12.2. The van der Waals surface area contributed by atoms with Gasteiger partial charge in [-0.05, 0) is 74.6 Å². The van der Waals surface area contributed by atoms with Crippen molar-refractivity contribution in [3.05, 3.63) is 224 Å². The molecule has 12 rings (SSSR count). The Labute approximate surface area is 399 Å². The van der Waals surface area contributed by atoms with Crippen LogP contribution in [0.3, 0.4) is 0 Å². The number of hydrogen-bond donors (Lipinski definition) is 0. The molecule has 1 aliphatic rings. The van der Waals surface area contributed by atoms with Gasteiger partial charge in [0.05, 0.1) is 16.7 Å². The van der Waals surface area contributed by atoms with E-state index in [2.05, 4.69) is 223 Å². The van der Waals surface area contributed by atoms with E-state index in [1.165, 1.54) is 5.56 Å². The van der Waals surface area contributed by atoms with Crippen molar-refractivity contribution >= 4 is 51.8 Å². The molecule has 0 saturated carbocycles. The van der Waals surface area contributed by atoms with E-state index in [4.69, 9.17) is 13.8 Å². The second-order valence-electron chi connectivity index (χ2n) is 17.6. The quantitative estimate of drug-likeness (QED) is 0.0908. The first-order valence-electron chi connectivity index (χ1n) is 22.0. The van der Waals surface area contributed by atoms with E-state index in [1.807, 2.05) is 30.5 Å². The van der Waals surface area contributed by atoms with E-state index in [-0.39, 0.29) is 26.5 Å². The number of fused-ring (bicyclic) bond motifs is 5. The van der Waals surface area contributed by atoms with Gasteiger partial charge in [-0.25, -0.2) is 4.98 Å². The van der Waals surface area contributed by atoms with Gasteiger partial charge in [-0.2, -0.15) is 42.5 Å². The Balaban J connectivity index is 0.00000481. The molecule has 8 heteroatoms. The molecule has 11 aromatic rings. The summed E-state index contributed by atoms with van der Waals surface area (Å²) >= 11 is 0. The minimum absolute atomic E-state index is 0. The summed E-state index contributed by atoms with van der Waals surface area (Å²) in [7, 11) is -3.59. The number of para-hydroxylation sites is 6. The van der Waals surface area contributed by atoms with Crippen molar-refractivity contribution in [3.63, 3.8) is 0 Å². The smallest absolute Gasteiger partial charge is 0.480 e. The SMILES string of the molecule is CC(C)(C)c1ccnc(-n2c3[c-]c([Si]4(c5[c-]c(-n6[c-][n+](-c7c(-c8ccccc8)cccc7-c7ccccc7)c7ccccc76)ccc5)Oc5ccccc5O4)ccc3c3ccccc32)c1.[Pt]. The molecule has 0 saturated heterocycles. The van der Waals surface area contributed by atoms with Crippen molar-refractivity contribution in [3.8, 4) is 50.9 Å². The number of hydrogen-bond acceptors (Lipinski definition) is 3. The standard InChI is InChI=1S/C58H42N4O2Si.Pt/c1-58(2,3)42-34-35-59-56(36-42)62-50-27-11-10-24-48(50)49-33-32-45(38-53(49)62)65(63-54-30-14-15-31-55(54)64-65)44-23-16-22-43(37-44)60-39-61(52-29-13-12-28-51(52)60)57-46(40-18-6-4-7-19-40)25-17-26-47(57)41-20-8-5-9-21-41;/h4-36H,1-3H3;/q-2;. The summed E-state index contributed by atoms with van der Waals surface area (Å²) in [4.78, 5) is 4.95. The molecule has 8 aromatic carbocycles. The van der Waals surface area contributed by atoms with Gasteiger partial charge in [-0.3, -0.25) is 4.57 Å². The summed E-state index contributed by atoms with van der Waals surface area (Å²) in [6.45, 7) is 6.69. The van der Waals surface area contributed by atoms with Gasteiger partial charge in [0.25, 0.3) is 6.33 Å². The van der Waals surface area contributed by atoms with E-state index in [9.17, 15) is 0 Å². The number of aromatic nitrogens is 4. The van der Waals surface area contributed by atoms with Crippen molar-refractivity contribution in [2.45, 2.75) is 26.2 Å². The number of benzene rings is 8. The maximum absolute atomic E-state index is 7.19. The molecule has 3 aromatic heterocycles. The minimum atomic E-state index is -3.59. The molecule has 322 valence electrons. The Bertz CT molecular complexity index is 3530. The Morgan fingerprint density at radius 1 is 0.561 bits per heavy atom. The largest absolute Gasteiger partial charge is 0.505 e. The van der Waals surface area contributed by atoms with Crippen molar-refractivity contribution in [1.82, 2.24) is 14.1 Å². The van der Waals surface area contributed by atoms with Crippen LogP contribution in [0.5, 0.6) is 11.5 Å². The van der Waals surface area contributed by atoms with Crippen LogP contribution >= 0.6 is 0 Å². The molecule has 0 amide bonds. The van der Waals surface area contributed by atoms with E-state index >= 15 is 0 Å². The summed E-state index contributed by atoms with van der Waals surface area (Å²) in [6.07, 6.45) is 5.74. The van der Waals surface area contributed by atoms with Crippen LogP contribution in [-0.2, 0) is 26.5 Å². The summed E-state index contributed by atoms with van der Waals surface area (Å²) in [5, 5.41) is 3.87. The zero-order chi connectivity index (χ0) is 43.7. The van der Waals surface area contributed by atoms with Crippen molar-refractivity contribution < 1.29 is 34.5 Å². The number of rotatable bonds is 7. The Morgan fingerprint density at radius 2 is 1.17 bits per heavy atom. The Morgan fingerprint density at radius 3 is 1.86 bits per heavy atom. The molecule has 0 aliphatic carbocycles. The molecule has 0 atom stereocenters. The van der Waals surface area contributed by atoms with Crippen LogP contribution in [0.2, 0.25) is 0 Å². The first-order valence-corrected chi connectivity index (χ1v) is 23.8. The molecular weight excluding hydrogens is 1010 g/mol. The third-order valence-corrected chi connectivity index (χ3v) is 15.5. The summed E-state index contributed by atoms with van der Waals surface area (Å²) in [5.74, 6) is 2.24. The van der Waals surface area contributed by atoms with E-state index in [0.717, 1.165) is 82.7 Å². The molecule has 0 fully saturated rings. The monoisotopic (exact) mass is 1050 g/mol. The van der Waals surface area contributed by atoms with Gasteiger partial charge in [-0.15, -0.1) is 5.39 Å². The first-order chi connectivity index (χ1) is 31.8. The Kier molecular flexibility index (Phi) is 10.2. The van der Waals surface area contributed by atoms with E-state index in [1.54, 1.807) is 0 Å². The third kappa shape index (κ3) is 6.81. The zero-order valence-corrected chi connectivity index (χ0v) is 39.7. The van der Waals surface area contributed by atoms with Crippen LogP contribution in [0.4, 0.5) is 0 Å². The predicted molar refractivity (Wildman–Crippen MR) is 262 cm³/mol.